The highest BCUT2D eigenvalue weighted by molar-refractivity contribution is 9.10. The number of rotatable bonds is 2. The van der Waals surface area contributed by atoms with Gasteiger partial charge in [-0.25, -0.2) is 0 Å². The van der Waals surface area contributed by atoms with E-state index in [4.69, 9.17) is 10.5 Å². The van der Waals surface area contributed by atoms with Crippen molar-refractivity contribution in [2.45, 2.75) is 32.0 Å². The van der Waals surface area contributed by atoms with E-state index in [9.17, 15) is 4.79 Å². The predicted octanol–water partition coefficient (Wildman–Crippen LogP) is 2.08. The van der Waals surface area contributed by atoms with Gasteiger partial charge in [-0.3, -0.25) is 4.79 Å². The minimum absolute atomic E-state index is 0.00609. The van der Waals surface area contributed by atoms with E-state index in [-0.39, 0.29) is 18.1 Å². The number of halogens is 1. The average Bonchev–Trinajstić information content (AvgIpc) is 2.39. The third-order valence-electron chi connectivity index (χ3n) is 3.43. The summed E-state index contributed by atoms with van der Waals surface area (Å²) in [6.45, 7) is 4.88. The molecule has 0 saturated carbocycles. The van der Waals surface area contributed by atoms with E-state index in [1.807, 2.05) is 36.1 Å². The number of amides is 1. The van der Waals surface area contributed by atoms with Crippen molar-refractivity contribution in [3.8, 4) is 0 Å². The molecule has 19 heavy (non-hydrogen) atoms. The molecule has 1 fully saturated rings. The van der Waals surface area contributed by atoms with Gasteiger partial charge in [0.05, 0.1) is 18.7 Å². The highest BCUT2D eigenvalue weighted by Crippen LogP contribution is 2.29. The molecule has 1 aromatic rings. The molecule has 104 valence electrons. The second-order valence-corrected chi connectivity index (χ2v) is 5.82. The van der Waals surface area contributed by atoms with Crippen molar-refractivity contribution in [1.82, 2.24) is 4.90 Å². The van der Waals surface area contributed by atoms with Crippen LogP contribution in [0.25, 0.3) is 0 Å². The summed E-state index contributed by atoms with van der Waals surface area (Å²) in [6.07, 6.45) is -0.0930. The number of morpholine rings is 1. The first-order valence-electron chi connectivity index (χ1n) is 6.44. The van der Waals surface area contributed by atoms with Crippen LogP contribution in [-0.4, -0.2) is 36.0 Å². The first kappa shape index (κ1) is 14.5. The maximum Gasteiger partial charge on any atom is 0.239 e. The Hall–Kier alpha value is -0.910. The Morgan fingerprint density at radius 2 is 2.11 bits per heavy atom. The molecule has 0 aromatic heterocycles. The fourth-order valence-electron chi connectivity index (χ4n) is 2.38. The lowest BCUT2D eigenvalue weighted by molar-refractivity contribution is -0.146. The zero-order chi connectivity index (χ0) is 14.0. The molecule has 0 spiro atoms. The number of hydrogen-bond donors (Lipinski definition) is 1. The summed E-state index contributed by atoms with van der Waals surface area (Å²) in [6, 6.07) is 7.53. The molecule has 3 atom stereocenters. The lowest BCUT2D eigenvalue weighted by Crippen LogP contribution is -2.53. The number of nitrogens with two attached hydrogens (primary N) is 1. The number of ether oxygens (including phenoxy) is 1. The molecular weight excluding hydrogens is 308 g/mol. The Bertz CT molecular complexity index is 447. The summed E-state index contributed by atoms with van der Waals surface area (Å²) in [4.78, 5) is 13.9. The third kappa shape index (κ3) is 3.16. The number of carbonyl (C=O) groups is 1. The summed E-state index contributed by atoms with van der Waals surface area (Å²) in [7, 11) is 0. The van der Waals surface area contributed by atoms with E-state index >= 15 is 0 Å². The van der Waals surface area contributed by atoms with Gasteiger partial charge in [-0.1, -0.05) is 28.1 Å². The Labute approximate surface area is 122 Å². The lowest BCUT2D eigenvalue weighted by atomic mass is 10.00. The second-order valence-electron chi connectivity index (χ2n) is 4.90. The molecule has 1 amide bonds. The van der Waals surface area contributed by atoms with Crippen molar-refractivity contribution in [3.05, 3.63) is 34.3 Å². The van der Waals surface area contributed by atoms with Gasteiger partial charge < -0.3 is 15.4 Å². The van der Waals surface area contributed by atoms with Crippen molar-refractivity contribution in [3.63, 3.8) is 0 Å². The molecule has 0 aliphatic carbocycles. The van der Waals surface area contributed by atoms with Crippen LogP contribution < -0.4 is 5.73 Å². The largest absolute Gasteiger partial charge is 0.370 e. The standard InChI is InChI=1S/C14H19BrN2O2/c1-9(16)14(18)17-7-8-19-13(10(17)2)11-3-5-12(15)6-4-11/h3-6,9-10,13H,7-8,16H2,1-2H3. The molecule has 4 nitrogen and oxygen atoms in total. The Kier molecular flexibility index (Phi) is 4.60. The van der Waals surface area contributed by atoms with Gasteiger partial charge in [-0.15, -0.1) is 0 Å². The van der Waals surface area contributed by atoms with Crippen LogP contribution in [0.1, 0.15) is 25.5 Å². The zero-order valence-electron chi connectivity index (χ0n) is 11.2. The maximum absolute atomic E-state index is 12.1. The van der Waals surface area contributed by atoms with E-state index in [0.717, 1.165) is 10.0 Å². The summed E-state index contributed by atoms with van der Waals surface area (Å²) in [5.74, 6) is -0.0158. The molecule has 1 aliphatic heterocycles. The van der Waals surface area contributed by atoms with Crippen molar-refractivity contribution in [1.29, 1.82) is 0 Å². The molecule has 3 unspecified atom stereocenters. The Morgan fingerprint density at radius 1 is 1.47 bits per heavy atom. The Balaban J connectivity index is 2.18. The second kappa shape index (κ2) is 6.03. The highest BCUT2D eigenvalue weighted by atomic mass is 79.9. The number of benzene rings is 1. The monoisotopic (exact) mass is 326 g/mol. The van der Waals surface area contributed by atoms with Crippen LogP contribution in [0.3, 0.4) is 0 Å². The highest BCUT2D eigenvalue weighted by Gasteiger charge is 2.33. The molecule has 1 aliphatic rings. The summed E-state index contributed by atoms with van der Waals surface area (Å²) in [5, 5.41) is 0. The van der Waals surface area contributed by atoms with Gasteiger partial charge in [0.15, 0.2) is 0 Å². The maximum atomic E-state index is 12.1. The van der Waals surface area contributed by atoms with Crippen LogP contribution in [0.4, 0.5) is 0 Å². The van der Waals surface area contributed by atoms with E-state index in [2.05, 4.69) is 15.9 Å². The first-order valence-corrected chi connectivity index (χ1v) is 7.23. The predicted molar refractivity (Wildman–Crippen MR) is 77.7 cm³/mol. The van der Waals surface area contributed by atoms with Crippen LogP contribution in [-0.2, 0) is 9.53 Å². The zero-order valence-corrected chi connectivity index (χ0v) is 12.8. The topological polar surface area (TPSA) is 55.6 Å². The van der Waals surface area contributed by atoms with Gasteiger partial charge >= 0.3 is 0 Å². The van der Waals surface area contributed by atoms with Crippen LogP contribution in [0.5, 0.6) is 0 Å². The van der Waals surface area contributed by atoms with E-state index in [0.29, 0.717) is 13.2 Å². The van der Waals surface area contributed by atoms with Gasteiger partial charge in [0.1, 0.15) is 6.10 Å². The van der Waals surface area contributed by atoms with Crippen molar-refractivity contribution in [2.75, 3.05) is 13.2 Å². The van der Waals surface area contributed by atoms with E-state index in [1.165, 1.54) is 0 Å². The van der Waals surface area contributed by atoms with Crippen LogP contribution in [0.15, 0.2) is 28.7 Å². The van der Waals surface area contributed by atoms with Gasteiger partial charge in [-0.2, -0.15) is 0 Å². The molecule has 5 heteroatoms. The summed E-state index contributed by atoms with van der Waals surface area (Å²) in [5.41, 5.74) is 6.78. The van der Waals surface area contributed by atoms with Crippen LogP contribution in [0, 0.1) is 0 Å². The van der Waals surface area contributed by atoms with E-state index in [1.54, 1.807) is 6.92 Å². The molecule has 2 N–H and O–H groups in total. The molecular formula is C14H19BrN2O2. The van der Waals surface area contributed by atoms with Gasteiger partial charge in [0, 0.05) is 11.0 Å². The number of hydrogen-bond acceptors (Lipinski definition) is 3. The van der Waals surface area contributed by atoms with Crippen molar-refractivity contribution in [2.24, 2.45) is 5.73 Å². The fraction of sp³-hybridized carbons (Fsp3) is 0.500. The third-order valence-corrected chi connectivity index (χ3v) is 3.96. The molecule has 1 aromatic carbocycles. The van der Waals surface area contributed by atoms with Gasteiger partial charge in [0.25, 0.3) is 0 Å². The molecule has 0 bridgehead atoms. The summed E-state index contributed by atoms with van der Waals surface area (Å²) < 4.78 is 6.86. The van der Waals surface area contributed by atoms with Gasteiger partial charge in [0.2, 0.25) is 5.91 Å². The van der Waals surface area contributed by atoms with Crippen molar-refractivity contribution < 1.29 is 9.53 Å². The lowest BCUT2D eigenvalue weighted by Gasteiger charge is -2.40. The molecule has 0 radical (unpaired) electrons. The SMILES string of the molecule is CC(N)C(=O)N1CCOC(c2ccc(Br)cc2)C1C. The number of carbonyl (C=O) groups excluding carboxylic acids is 1. The number of nitrogens with zero attached hydrogens (tertiary/aromatic N) is 1. The normalized spacial score (nSPS) is 25.2. The minimum Gasteiger partial charge on any atom is -0.370 e. The van der Waals surface area contributed by atoms with Crippen LogP contribution in [0.2, 0.25) is 0 Å². The molecule has 1 heterocycles. The molecule has 1 saturated heterocycles. The van der Waals surface area contributed by atoms with Crippen molar-refractivity contribution >= 4 is 21.8 Å². The quantitative estimate of drug-likeness (QED) is 0.905. The van der Waals surface area contributed by atoms with Gasteiger partial charge in [-0.05, 0) is 31.5 Å². The smallest absolute Gasteiger partial charge is 0.239 e. The minimum atomic E-state index is -0.467. The summed E-state index contributed by atoms with van der Waals surface area (Å²) >= 11 is 3.42. The first-order chi connectivity index (χ1) is 9.00. The Morgan fingerprint density at radius 3 is 2.68 bits per heavy atom. The van der Waals surface area contributed by atoms with Crippen LogP contribution >= 0.6 is 15.9 Å². The molecule has 2 rings (SSSR count). The van der Waals surface area contributed by atoms with E-state index < -0.39 is 6.04 Å². The fourth-order valence-corrected chi connectivity index (χ4v) is 2.65. The average molecular weight is 327 g/mol.